The van der Waals surface area contributed by atoms with E-state index in [-0.39, 0.29) is 31.3 Å². The Bertz CT molecular complexity index is 902. The molecule has 0 amide bonds. The molecule has 0 spiro atoms. The summed E-state index contributed by atoms with van der Waals surface area (Å²) in [4.78, 5) is 10.8. The van der Waals surface area contributed by atoms with E-state index in [0.29, 0.717) is 17.6 Å². The number of unbranched alkanes of at least 4 members (excludes halogenated alkanes) is 2. The number of ether oxygens (including phenoxy) is 1. The number of aliphatic carboxylic acids is 1. The Labute approximate surface area is 242 Å². The predicted octanol–water partition coefficient (Wildman–Crippen LogP) is -0.801. The number of nitrogens with two attached hydrogens (primary N) is 1. The van der Waals surface area contributed by atoms with E-state index in [2.05, 4.69) is 13.0 Å². The highest BCUT2D eigenvalue weighted by molar-refractivity contribution is 5.68. The molecule has 2 aliphatic carbocycles. The number of carbonyl (C=O) groups is 1. The maximum Gasteiger partial charge on any atom is 0.341 e. The van der Waals surface area contributed by atoms with Crippen LogP contribution in [0.15, 0.2) is 18.2 Å². The first-order chi connectivity index (χ1) is 19.5. The van der Waals surface area contributed by atoms with Crippen LogP contribution in [0.1, 0.15) is 63.0 Å². The molecule has 11 nitrogen and oxygen atoms in total. The summed E-state index contributed by atoms with van der Waals surface area (Å²) in [7, 11) is 1.70. The Morgan fingerprint density at radius 3 is 2.39 bits per heavy atom. The number of fused-ring (bicyclic) bond motifs is 2. The zero-order chi connectivity index (χ0) is 30.5. The van der Waals surface area contributed by atoms with E-state index >= 15 is 0 Å². The van der Waals surface area contributed by atoms with Crippen LogP contribution in [-0.2, 0) is 17.6 Å². The van der Waals surface area contributed by atoms with Crippen LogP contribution in [0.25, 0.3) is 0 Å². The summed E-state index contributed by atoms with van der Waals surface area (Å²) in [6, 6.07) is 5.87. The minimum atomic E-state index is -1.53. The molecule has 236 valence electrons. The van der Waals surface area contributed by atoms with Gasteiger partial charge in [-0.25, -0.2) is 4.79 Å². The summed E-state index contributed by atoms with van der Waals surface area (Å²) in [5.74, 6) is 0.768. The molecule has 0 radical (unpaired) electrons. The number of aliphatic hydroxyl groups is 7. The third kappa shape index (κ3) is 10.7. The fraction of sp³-hybridized carbons (Fsp3) is 0.767. The first kappa shape index (κ1) is 35.4. The van der Waals surface area contributed by atoms with Crippen LogP contribution in [-0.4, -0.2) is 110 Å². The lowest BCUT2D eigenvalue weighted by Gasteiger charge is -2.32. The molecule has 0 heterocycles. The van der Waals surface area contributed by atoms with E-state index in [1.807, 2.05) is 12.1 Å². The number of aliphatic hydroxyl groups excluding tert-OH is 7. The van der Waals surface area contributed by atoms with Gasteiger partial charge in [-0.1, -0.05) is 38.3 Å². The zero-order valence-electron chi connectivity index (χ0n) is 24.4. The van der Waals surface area contributed by atoms with Crippen LogP contribution in [0.4, 0.5) is 0 Å². The standard InChI is InChI=1S/C23H34O5.C7H17NO5/c1-2-3-4-7-17(24)9-10-18-19-11-15-6-5-8-22(28-14-23(26)27)20(15)12-16(19)13-21(18)25;1-8-2-4(10)6(12)7(13)5(11)3-9/h5-6,8,16-19,21,24-25H,2-4,7,9-14H2,1H3,(H,26,27);4-13H,2-3H2,1H3/p+1/t16-,17-,18+,19-,21+;/m0./s1. The van der Waals surface area contributed by atoms with Gasteiger partial charge in [0.1, 0.15) is 36.7 Å². The smallest absolute Gasteiger partial charge is 0.341 e. The lowest BCUT2D eigenvalue weighted by Crippen LogP contribution is -2.83. The normalized spacial score (nSPS) is 25.1. The molecule has 10 N–H and O–H groups in total. The molecule has 0 saturated heterocycles. The fourth-order valence-electron chi connectivity index (χ4n) is 6.18. The molecule has 41 heavy (non-hydrogen) atoms. The van der Waals surface area contributed by atoms with Gasteiger partial charge in [-0.15, -0.1) is 0 Å². The number of rotatable bonds is 16. The Morgan fingerprint density at radius 2 is 1.76 bits per heavy atom. The molecule has 1 fully saturated rings. The molecule has 3 rings (SSSR count). The number of hydrogen-bond donors (Lipinski definition) is 9. The van der Waals surface area contributed by atoms with Gasteiger partial charge in [-0.3, -0.25) is 0 Å². The van der Waals surface area contributed by atoms with Gasteiger partial charge in [0.15, 0.2) is 6.61 Å². The van der Waals surface area contributed by atoms with Crippen molar-refractivity contribution >= 4 is 5.97 Å². The van der Waals surface area contributed by atoms with Crippen molar-refractivity contribution in [3.8, 4) is 5.75 Å². The second-order valence-electron chi connectivity index (χ2n) is 11.5. The van der Waals surface area contributed by atoms with Crippen molar-refractivity contribution in [3.05, 3.63) is 29.3 Å². The van der Waals surface area contributed by atoms with E-state index < -0.39 is 37.0 Å². The Kier molecular flexibility index (Phi) is 15.5. The molecule has 1 aromatic rings. The predicted molar refractivity (Wildman–Crippen MR) is 151 cm³/mol. The zero-order valence-corrected chi connectivity index (χ0v) is 24.4. The second kappa shape index (κ2) is 18.0. The summed E-state index contributed by atoms with van der Waals surface area (Å²) in [6.45, 7) is 1.41. The SMILES string of the molecule is CCCCC[C@H](O)CC[C@@H]1[C@H]2Cc3cccc(OCC(=O)O)c3C[C@H]2C[C@H]1O.C[NH2+]CC(O)C(O)C(O)C(O)CO. The van der Waals surface area contributed by atoms with Crippen molar-refractivity contribution in [3.63, 3.8) is 0 Å². The molecule has 0 aliphatic heterocycles. The van der Waals surface area contributed by atoms with Crippen LogP contribution in [0, 0.1) is 17.8 Å². The first-order valence-electron chi connectivity index (χ1n) is 15.0. The van der Waals surface area contributed by atoms with Gasteiger partial charge in [0, 0.05) is 0 Å². The average Bonchev–Trinajstić information content (AvgIpc) is 3.26. The number of hydrogen-bond acceptors (Lipinski definition) is 9. The van der Waals surface area contributed by atoms with Gasteiger partial charge in [0.05, 0.1) is 25.9 Å². The molecule has 11 heteroatoms. The van der Waals surface area contributed by atoms with E-state index in [4.69, 9.17) is 25.2 Å². The molecular formula is C30H52NO10+. The lowest BCUT2D eigenvalue weighted by molar-refractivity contribution is -0.635. The number of carboxylic acid groups (broad SMARTS) is 1. The van der Waals surface area contributed by atoms with E-state index in [0.717, 1.165) is 63.4 Å². The highest BCUT2D eigenvalue weighted by atomic mass is 16.5. The van der Waals surface area contributed by atoms with Gasteiger partial charge >= 0.3 is 5.97 Å². The van der Waals surface area contributed by atoms with Crippen LogP contribution in [0.3, 0.4) is 0 Å². The number of likely N-dealkylation sites (N-methyl/N-ethyl adjacent to an activating group) is 1. The van der Waals surface area contributed by atoms with Crippen molar-refractivity contribution in [1.82, 2.24) is 0 Å². The quantitative estimate of drug-likeness (QED) is 0.110. The minimum Gasteiger partial charge on any atom is -0.482 e. The van der Waals surface area contributed by atoms with Crippen molar-refractivity contribution in [2.75, 3.05) is 26.8 Å². The lowest BCUT2D eigenvalue weighted by atomic mass is 9.73. The number of carboxylic acids is 1. The van der Waals surface area contributed by atoms with Gasteiger partial charge in [0.2, 0.25) is 0 Å². The summed E-state index contributed by atoms with van der Waals surface area (Å²) >= 11 is 0. The molecule has 2 aliphatic rings. The van der Waals surface area contributed by atoms with E-state index in [1.54, 1.807) is 12.4 Å². The largest absolute Gasteiger partial charge is 0.482 e. The van der Waals surface area contributed by atoms with E-state index in [1.165, 1.54) is 5.56 Å². The van der Waals surface area contributed by atoms with Gasteiger partial charge in [-0.05, 0) is 73.5 Å². The first-order valence-corrected chi connectivity index (χ1v) is 15.0. The van der Waals surface area contributed by atoms with Gasteiger partial charge < -0.3 is 50.9 Å². The van der Waals surface area contributed by atoms with Crippen molar-refractivity contribution < 1.29 is 55.7 Å². The van der Waals surface area contributed by atoms with Crippen molar-refractivity contribution in [1.29, 1.82) is 0 Å². The highest BCUT2D eigenvalue weighted by Crippen LogP contribution is 2.48. The minimum absolute atomic E-state index is 0.219. The number of benzene rings is 1. The van der Waals surface area contributed by atoms with Crippen molar-refractivity contribution in [2.45, 2.75) is 101 Å². The summed E-state index contributed by atoms with van der Waals surface area (Å²) in [6.07, 6.45) is 2.33. The molecule has 4 unspecified atom stereocenters. The topological polar surface area (TPSA) is 205 Å². The van der Waals surface area contributed by atoms with Crippen LogP contribution in [0.2, 0.25) is 0 Å². The summed E-state index contributed by atoms with van der Waals surface area (Å²) in [5.41, 5.74) is 2.32. The maximum absolute atomic E-state index is 10.8. The molecule has 9 atom stereocenters. The third-order valence-electron chi connectivity index (χ3n) is 8.47. The Balaban J connectivity index is 0.000000383. The van der Waals surface area contributed by atoms with Crippen LogP contribution < -0.4 is 10.1 Å². The average molecular weight is 587 g/mol. The molecular weight excluding hydrogens is 534 g/mol. The fourth-order valence-corrected chi connectivity index (χ4v) is 6.18. The summed E-state index contributed by atoms with van der Waals surface area (Å²) in [5, 5.41) is 76.4. The van der Waals surface area contributed by atoms with Gasteiger partial charge in [0.25, 0.3) is 0 Å². The molecule has 1 saturated carbocycles. The molecule has 0 bridgehead atoms. The Morgan fingerprint density at radius 1 is 1.05 bits per heavy atom. The van der Waals surface area contributed by atoms with Crippen molar-refractivity contribution in [2.24, 2.45) is 17.8 Å². The summed E-state index contributed by atoms with van der Waals surface area (Å²) < 4.78 is 5.50. The Hall–Kier alpha value is -1.83. The molecule has 1 aromatic carbocycles. The van der Waals surface area contributed by atoms with Gasteiger partial charge in [-0.2, -0.15) is 0 Å². The maximum atomic E-state index is 10.8. The monoisotopic (exact) mass is 586 g/mol. The number of quaternary nitrogens is 1. The van der Waals surface area contributed by atoms with E-state index in [9.17, 15) is 25.2 Å². The third-order valence-corrected chi connectivity index (χ3v) is 8.47. The highest BCUT2D eigenvalue weighted by Gasteiger charge is 2.44. The molecule has 0 aromatic heterocycles. The van der Waals surface area contributed by atoms with Crippen LogP contribution >= 0.6 is 0 Å². The second-order valence-corrected chi connectivity index (χ2v) is 11.5. The van der Waals surface area contributed by atoms with Crippen LogP contribution in [0.5, 0.6) is 5.75 Å².